The number of carbonyl (C=O) groups excluding carboxylic acids is 2. The predicted molar refractivity (Wildman–Crippen MR) is 101 cm³/mol. The molecule has 0 bridgehead atoms. The molecule has 2 aromatic rings. The lowest BCUT2D eigenvalue weighted by atomic mass is 10.3. The first-order valence-corrected chi connectivity index (χ1v) is 9.64. The molecule has 1 aliphatic rings. The van der Waals surface area contributed by atoms with Crippen molar-refractivity contribution in [2.45, 2.75) is 13.5 Å². The number of aromatic nitrogens is 1. The van der Waals surface area contributed by atoms with Crippen LogP contribution < -0.4 is 4.74 Å². The van der Waals surface area contributed by atoms with E-state index in [4.69, 9.17) is 27.9 Å². The van der Waals surface area contributed by atoms with Crippen LogP contribution in [0.2, 0.25) is 10.0 Å². The molecule has 1 aromatic carbocycles. The SMILES string of the molecule is CC(=O)N1CCN(C(=O)c2csc(COc3cc(Cl)ccc3Cl)n2)CC1. The summed E-state index contributed by atoms with van der Waals surface area (Å²) in [7, 11) is 0. The van der Waals surface area contributed by atoms with E-state index in [2.05, 4.69) is 4.98 Å². The number of nitrogens with zero attached hydrogens (tertiary/aromatic N) is 3. The van der Waals surface area contributed by atoms with Crippen molar-refractivity contribution in [1.29, 1.82) is 0 Å². The van der Waals surface area contributed by atoms with Crippen LogP contribution in [0.3, 0.4) is 0 Å². The van der Waals surface area contributed by atoms with Gasteiger partial charge in [-0.25, -0.2) is 4.98 Å². The molecule has 1 fully saturated rings. The Balaban J connectivity index is 1.58. The predicted octanol–water partition coefficient (Wildman–Crippen LogP) is 3.33. The fraction of sp³-hybridized carbons (Fsp3) is 0.353. The second kappa shape index (κ2) is 8.24. The first kappa shape index (κ1) is 18.9. The van der Waals surface area contributed by atoms with Crippen molar-refractivity contribution >= 4 is 46.4 Å². The first-order valence-electron chi connectivity index (χ1n) is 8.01. The monoisotopic (exact) mass is 413 g/mol. The number of benzene rings is 1. The van der Waals surface area contributed by atoms with Gasteiger partial charge in [0.15, 0.2) is 0 Å². The third-order valence-electron chi connectivity index (χ3n) is 4.03. The number of halogens is 2. The molecule has 6 nitrogen and oxygen atoms in total. The number of piperazine rings is 1. The molecule has 1 saturated heterocycles. The standard InChI is InChI=1S/C17H17Cl2N3O3S/c1-11(23)21-4-6-22(7-5-21)17(24)14-10-26-16(20-14)9-25-15-8-12(18)2-3-13(15)19/h2-3,8,10H,4-7,9H2,1H3. The number of carbonyl (C=O) groups is 2. The summed E-state index contributed by atoms with van der Waals surface area (Å²) in [6, 6.07) is 4.98. The Bertz CT molecular complexity index is 819. The van der Waals surface area contributed by atoms with Crippen molar-refractivity contribution in [3.8, 4) is 5.75 Å². The van der Waals surface area contributed by atoms with Crippen LogP contribution in [0.5, 0.6) is 5.75 Å². The highest BCUT2D eigenvalue weighted by molar-refractivity contribution is 7.09. The lowest BCUT2D eigenvalue weighted by molar-refractivity contribution is -0.130. The highest BCUT2D eigenvalue weighted by Gasteiger charge is 2.24. The summed E-state index contributed by atoms with van der Waals surface area (Å²) < 4.78 is 5.65. The van der Waals surface area contributed by atoms with Gasteiger partial charge in [0.2, 0.25) is 5.91 Å². The molecular weight excluding hydrogens is 397 g/mol. The fourth-order valence-electron chi connectivity index (χ4n) is 2.59. The van der Waals surface area contributed by atoms with E-state index in [9.17, 15) is 9.59 Å². The van der Waals surface area contributed by atoms with E-state index in [1.165, 1.54) is 18.3 Å². The van der Waals surface area contributed by atoms with Gasteiger partial charge in [-0.05, 0) is 12.1 Å². The zero-order chi connectivity index (χ0) is 18.7. The Hall–Kier alpha value is -1.83. The van der Waals surface area contributed by atoms with Gasteiger partial charge in [-0.3, -0.25) is 9.59 Å². The van der Waals surface area contributed by atoms with Gasteiger partial charge in [0.05, 0.1) is 5.02 Å². The Kier molecular flexibility index (Phi) is 6.01. The van der Waals surface area contributed by atoms with Gasteiger partial charge in [-0.15, -0.1) is 11.3 Å². The zero-order valence-corrected chi connectivity index (χ0v) is 16.4. The van der Waals surface area contributed by atoms with Crippen molar-refractivity contribution in [2.75, 3.05) is 26.2 Å². The van der Waals surface area contributed by atoms with Gasteiger partial charge < -0.3 is 14.5 Å². The number of thiazole rings is 1. The molecule has 9 heteroatoms. The van der Waals surface area contributed by atoms with Gasteiger partial charge in [0.25, 0.3) is 5.91 Å². The van der Waals surface area contributed by atoms with Crippen molar-refractivity contribution in [2.24, 2.45) is 0 Å². The minimum atomic E-state index is -0.128. The summed E-state index contributed by atoms with van der Waals surface area (Å²) in [4.78, 5) is 31.7. The molecule has 0 saturated carbocycles. The molecule has 0 spiro atoms. The van der Waals surface area contributed by atoms with Crippen molar-refractivity contribution in [3.05, 3.63) is 44.3 Å². The Labute approximate surface area is 165 Å². The quantitative estimate of drug-likeness (QED) is 0.770. The summed E-state index contributed by atoms with van der Waals surface area (Å²) in [6.45, 7) is 3.87. The summed E-state index contributed by atoms with van der Waals surface area (Å²) in [6.07, 6.45) is 0. The van der Waals surface area contributed by atoms with E-state index in [0.717, 1.165) is 0 Å². The lowest BCUT2D eigenvalue weighted by Crippen LogP contribution is -2.50. The van der Waals surface area contributed by atoms with Crippen molar-refractivity contribution in [3.63, 3.8) is 0 Å². The third-order valence-corrected chi connectivity index (χ3v) is 5.40. The fourth-order valence-corrected chi connectivity index (χ4v) is 3.60. The summed E-state index contributed by atoms with van der Waals surface area (Å²) in [5.74, 6) is 0.379. The molecular formula is C17H17Cl2N3O3S. The molecule has 0 N–H and O–H groups in total. The normalized spacial score (nSPS) is 14.4. The summed E-state index contributed by atoms with van der Waals surface area (Å²) >= 11 is 13.4. The average molecular weight is 414 g/mol. The van der Waals surface area contributed by atoms with E-state index in [1.54, 1.807) is 33.4 Å². The molecule has 138 valence electrons. The van der Waals surface area contributed by atoms with Gasteiger partial charge in [0.1, 0.15) is 23.1 Å². The van der Waals surface area contributed by atoms with E-state index in [1.807, 2.05) is 0 Å². The second-order valence-electron chi connectivity index (χ2n) is 5.79. The summed E-state index contributed by atoms with van der Waals surface area (Å²) in [5.41, 5.74) is 0.391. The first-order chi connectivity index (χ1) is 12.4. The number of hydrogen-bond acceptors (Lipinski definition) is 5. The van der Waals surface area contributed by atoms with Crippen LogP contribution >= 0.6 is 34.5 Å². The maximum absolute atomic E-state index is 12.5. The van der Waals surface area contributed by atoms with Crippen LogP contribution in [0.1, 0.15) is 22.4 Å². The van der Waals surface area contributed by atoms with Gasteiger partial charge in [0, 0.05) is 49.6 Å². The van der Waals surface area contributed by atoms with Gasteiger partial charge in [-0.2, -0.15) is 0 Å². The van der Waals surface area contributed by atoms with E-state index in [-0.39, 0.29) is 18.4 Å². The molecule has 0 radical (unpaired) electrons. The van der Waals surface area contributed by atoms with Crippen LogP contribution in [0.25, 0.3) is 0 Å². The maximum Gasteiger partial charge on any atom is 0.273 e. The molecule has 0 unspecified atom stereocenters. The highest BCUT2D eigenvalue weighted by atomic mass is 35.5. The van der Waals surface area contributed by atoms with Crippen LogP contribution in [0, 0.1) is 0 Å². The zero-order valence-electron chi connectivity index (χ0n) is 14.1. The molecule has 0 atom stereocenters. The topological polar surface area (TPSA) is 62.7 Å². The Morgan fingerprint density at radius 2 is 1.88 bits per heavy atom. The number of ether oxygens (including phenoxy) is 1. The third kappa shape index (κ3) is 4.47. The number of hydrogen-bond donors (Lipinski definition) is 0. The molecule has 1 aliphatic heterocycles. The van der Waals surface area contributed by atoms with Crippen molar-refractivity contribution < 1.29 is 14.3 Å². The average Bonchev–Trinajstić information content (AvgIpc) is 3.11. The van der Waals surface area contributed by atoms with Crippen LogP contribution in [0.15, 0.2) is 23.6 Å². The minimum Gasteiger partial charge on any atom is -0.485 e. The molecule has 1 aromatic heterocycles. The van der Waals surface area contributed by atoms with Crippen LogP contribution in [0.4, 0.5) is 0 Å². The Morgan fingerprint density at radius 1 is 1.19 bits per heavy atom. The molecule has 2 amide bonds. The summed E-state index contributed by atoms with van der Waals surface area (Å²) in [5, 5.41) is 3.39. The molecule has 3 rings (SSSR count). The van der Waals surface area contributed by atoms with Gasteiger partial charge >= 0.3 is 0 Å². The Morgan fingerprint density at radius 3 is 2.58 bits per heavy atom. The lowest BCUT2D eigenvalue weighted by Gasteiger charge is -2.33. The van der Waals surface area contributed by atoms with Crippen LogP contribution in [-0.2, 0) is 11.4 Å². The minimum absolute atomic E-state index is 0.0323. The molecule has 2 heterocycles. The molecule has 26 heavy (non-hydrogen) atoms. The van der Waals surface area contributed by atoms with Crippen LogP contribution in [-0.4, -0.2) is 52.8 Å². The van der Waals surface area contributed by atoms with Crippen molar-refractivity contribution in [1.82, 2.24) is 14.8 Å². The smallest absolute Gasteiger partial charge is 0.273 e. The largest absolute Gasteiger partial charge is 0.485 e. The number of amides is 2. The van der Waals surface area contributed by atoms with E-state index < -0.39 is 0 Å². The maximum atomic E-state index is 12.5. The highest BCUT2D eigenvalue weighted by Crippen LogP contribution is 2.28. The van der Waals surface area contributed by atoms with E-state index in [0.29, 0.717) is 52.7 Å². The van der Waals surface area contributed by atoms with E-state index >= 15 is 0 Å². The van der Waals surface area contributed by atoms with Gasteiger partial charge in [-0.1, -0.05) is 23.2 Å². The molecule has 0 aliphatic carbocycles. The second-order valence-corrected chi connectivity index (χ2v) is 7.57. The number of rotatable bonds is 4.